The van der Waals surface area contributed by atoms with Gasteiger partial charge in [-0.05, 0) is 25.1 Å². The van der Waals surface area contributed by atoms with E-state index in [2.05, 4.69) is 15.2 Å². The van der Waals surface area contributed by atoms with Gasteiger partial charge in [-0.1, -0.05) is 6.07 Å². The van der Waals surface area contributed by atoms with Crippen LogP contribution in [0.2, 0.25) is 0 Å². The first-order chi connectivity index (χ1) is 9.11. The minimum absolute atomic E-state index is 0.0373. The molecule has 3 nitrogen and oxygen atoms in total. The highest BCUT2D eigenvalue weighted by atomic mass is 19.3. The number of pyridine rings is 1. The Morgan fingerprint density at radius 1 is 1.32 bits per heavy atom. The van der Waals surface area contributed by atoms with Crippen molar-refractivity contribution < 1.29 is 8.78 Å². The molecule has 0 amide bonds. The van der Waals surface area contributed by atoms with Crippen LogP contribution in [0.5, 0.6) is 0 Å². The van der Waals surface area contributed by atoms with Gasteiger partial charge in [0.2, 0.25) is 0 Å². The molecule has 1 aromatic heterocycles. The average molecular weight is 267 g/mol. The molecule has 1 atom stereocenters. The number of nitrogens with one attached hydrogen (secondary N) is 1. The summed E-state index contributed by atoms with van der Waals surface area (Å²) in [5.41, 5.74) is 0.0756. The lowest BCUT2D eigenvalue weighted by Gasteiger charge is -2.41. The van der Waals surface area contributed by atoms with Gasteiger partial charge in [-0.15, -0.1) is 0 Å². The maximum absolute atomic E-state index is 14.2. The Hall–Kier alpha value is -1.07. The van der Waals surface area contributed by atoms with E-state index in [0.717, 1.165) is 12.2 Å². The minimum atomic E-state index is -2.54. The van der Waals surface area contributed by atoms with Crippen molar-refractivity contribution in [1.29, 1.82) is 0 Å². The number of hydrogen-bond acceptors (Lipinski definition) is 3. The topological polar surface area (TPSA) is 28.2 Å². The van der Waals surface area contributed by atoms with Gasteiger partial charge in [0.1, 0.15) is 0 Å². The molecule has 2 fully saturated rings. The fourth-order valence-electron chi connectivity index (χ4n) is 3.22. The van der Waals surface area contributed by atoms with Crippen LogP contribution in [0.25, 0.3) is 0 Å². The molecular weight excluding hydrogens is 248 g/mol. The molecule has 104 valence electrons. The number of rotatable bonds is 2. The zero-order chi connectivity index (χ0) is 13.3. The van der Waals surface area contributed by atoms with Crippen LogP contribution in [0.4, 0.5) is 8.78 Å². The van der Waals surface area contributed by atoms with Crippen LogP contribution in [0.1, 0.15) is 18.5 Å². The predicted octanol–water partition coefficient (Wildman–Crippen LogP) is 1.90. The summed E-state index contributed by atoms with van der Waals surface area (Å²) in [5.74, 6) is -2.54. The second kappa shape index (κ2) is 4.80. The number of aromatic nitrogens is 1. The highest BCUT2D eigenvalue weighted by Crippen LogP contribution is 2.47. The first kappa shape index (κ1) is 12.9. The maximum atomic E-state index is 14.2. The first-order valence-corrected chi connectivity index (χ1v) is 6.82. The number of nitrogens with zero attached hydrogens (tertiary/aromatic N) is 2. The lowest BCUT2D eigenvalue weighted by molar-refractivity contribution is -0.135. The molecule has 0 radical (unpaired) electrons. The van der Waals surface area contributed by atoms with Crippen molar-refractivity contribution in [3.05, 3.63) is 30.1 Å². The van der Waals surface area contributed by atoms with Crippen LogP contribution in [-0.2, 0) is 6.54 Å². The summed E-state index contributed by atoms with van der Waals surface area (Å²) >= 11 is 0. The molecule has 19 heavy (non-hydrogen) atoms. The van der Waals surface area contributed by atoms with Crippen LogP contribution in [0, 0.1) is 5.41 Å². The summed E-state index contributed by atoms with van der Waals surface area (Å²) in [6.45, 7) is 2.71. The maximum Gasteiger partial charge on any atom is 0.257 e. The third-order valence-electron chi connectivity index (χ3n) is 4.40. The van der Waals surface area contributed by atoms with Crippen molar-refractivity contribution in [1.82, 2.24) is 15.2 Å². The normalized spacial score (nSPS) is 30.8. The molecule has 0 saturated carbocycles. The van der Waals surface area contributed by atoms with Crippen LogP contribution in [0.15, 0.2) is 24.4 Å². The van der Waals surface area contributed by atoms with E-state index in [9.17, 15) is 8.78 Å². The van der Waals surface area contributed by atoms with Crippen LogP contribution >= 0.6 is 0 Å². The Morgan fingerprint density at radius 3 is 2.95 bits per heavy atom. The van der Waals surface area contributed by atoms with Gasteiger partial charge in [0, 0.05) is 38.8 Å². The Kier molecular flexibility index (Phi) is 3.27. The summed E-state index contributed by atoms with van der Waals surface area (Å²) in [6.07, 6.45) is 2.28. The lowest BCUT2D eigenvalue weighted by atomic mass is 9.76. The van der Waals surface area contributed by atoms with Crippen molar-refractivity contribution in [3.63, 3.8) is 0 Å². The number of hydrogen-bond donors (Lipinski definition) is 1. The Morgan fingerprint density at radius 2 is 2.21 bits per heavy atom. The second-order valence-electron chi connectivity index (χ2n) is 5.69. The molecular formula is C14H19F2N3. The molecule has 3 rings (SSSR count). The molecule has 3 heterocycles. The van der Waals surface area contributed by atoms with Gasteiger partial charge >= 0.3 is 0 Å². The molecule has 0 bridgehead atoms. The van der Waals surface area contributed by atoms with Crippen molar-refractivity contribution in [2.75, 3.05) is 26.2 Å². The number of piperidine rings is 1. The highest BCUT2D eigenvalue weighted by Gasteiger charge is 2.57. The summed E-state index contributed by atoms with van der Waals surface area (Å²) in [6, 6.07) is 5.75. The molecule has 2 aliphatic heterocycles. The number of alkyl halides is 2. The zero-order valence-electron chi connectivity index (χ0n) is 10.9. The molecule has 2 aliphatic rings. The molecule has 2 saturated heterocycles. The standard InChI is InChI=1S/C14H19F2N3/c15-14(16)4-7-17-10-13(14)5-8-19(11-13)9-12-3-1-2-6-18-12/h1-3,6,17H,4-5,7-11H2/t13-/m1/s1. The van der Waals surface area contributed by atoms with Gasteiger partial charge in [0.15, 0.2) is 0 Å². The molecule has 0 aliphatic carbocycles. The zero-order valence-corrected chi connectivity index (χ0v) is 10.9. The van der Waals surface area contributed by atoms with E-state index in [1.165, 1.54) is 0 Å². The summed E-state index contributed by atoms with van der Waals surface area (Å²) in [5, 5.41) is 3.14. The van der Waals surface area contributed by atoms with Gasteiger partial charge in [0.05, 0.1) is 11.1 Å². The van der Waals surface area contributed by atoms with Crippen molar-refractivity contribution in [3.8, 4) is 0 Å². The van der Waals surface area contributed by atoms with Crippen molar-refractivity contribution >= 4 is 0 Å². The molecule has 1 aromatic rings. The average Bonchev–Trinajstić information content (AvgIpc) is 2.80. The number of halogens is 2. The highest BCUT2D eigenvalue weighted by molar-refractivity contribution is 5.07. The summed E-state index contributed by atoms with van der Waals surface area (Å²) in [4.78, 5) is 6.37. The Labute approximate surface area is 112 Å². The van der Waals surface area contributed by atoms with Gasteiger partial charge < -0.3 is 5.32 Å². The monoisotopic (exact) mass is 267 g/mol. The summed E-state index contributed by atoms with van der Waals surface area (Å²) in [7, 11) is 0. The summed E-state index contributed by atoms with van der Waals surface area (Å²) < 4.78 is 28.4. The fourth-order valence-corrected chi connectivity index (χ4v) is 3.22. The van der Waals surface area contributed by atoms with E-state index >= 15 is 0 Å². The van der Waals surface area contributed by atoms with Gasteiger partial charge in [-0.3, -0.25) is 9.88 Å². The van der Waals surface area contributed by atoms with Crippen LogP contribution < -0.4 is 5.32 Å². The number of likely N-dealkylation sites (tertiary alicyclic amines) is 1. The van der Waals surface area contributed by atoms with E-state index in [-0.39, 0.29) is 6.42 Å². The molecule has 1 N–H and O–H groups in total. The largest absolute Gasteiger partial charge is 0.316 e. The van der Waals surface area contributed by atoms with Gasteiger partial charge in [0.25, 0.3) is 5.92 Å². The van der Waals surface area contributed by atoms with Crippen molar-refractivity contribution in [2.24, 2.45) is 5.41 Å². The van der Waals surface area contributed by atoms with Crippen LogP contribution in [-0.4, -0.2) is 42.0 Å². The Balaban J connectivity index is 1.69. The molecule has 0 aromatic carbocycles. The third kappa shape index (κ3) is 2.37. The second-order valence-corrected chi connectivity index (χ2v) is 5.69. The van der Waals surface area contributed by atoms with E-state index in [1.54, 1.807) is 6.20 Å². The fraction of sp³-hybridized carbons (Fsp3) is 0.643. The smallest absolute Gasteiger partial charge is 0.257 e. The van der Waals surface area contributed by atoms with E-state index < -0.39 is 11.3 Å². The third-order valence-corrected chi connectivity index (χ3v) is 4.40. The van der Waals surface area contributed by atoms with E-state index in [1.807, 2.05) is 18.2 Å². The SMILES string of the molecule is FC1(F)CCNC[C@@]12CCN(Cc1ccccn1)C2. The Bertz CT molecular complexity index is 438. The quantitative estimate of drug-likeness (QED) is 0.887. The molecule has 5 heteroatoms. The van der Waals surface area contributed by atoms with E-state index in [4.69, 9.17) is 0 Å². The lowest BCUT2D eigenvalue weighted by Crippen LogP contribution is -2.55. The van der Waals surface area contributed by atoms with Gasteiger partial charge in [-0.2, -0.15) is 0 Å². The van der Waals surface area contributed by atoms with E-state index in [0.29, 0.717) is 32.6 Å². The minimum Gasteiger partial charge on any atom is -0.316 e. The first-order valence-electron chi connectivity index (χ1n) is 6.82. The van der Waals surface area contributed by atoms with Crippen molar-refractivity contribution in [2.45, 2.75) is 25.3 Å². The van der Waals surface area contributed by atoms with Gasteiger partial charge in [-0.25, -0.2) is 8.78 Å². The van der Waals surface area contributed by atoms with Crippen LogP contribution in [0.3, 0.4) is 0 Å². The molecule has 0 unspecified atom stereocenters. The predicted molar refractivity (Wildman–Crippen MR) is 69.0 cm³/mol. The molecule has 1 spiro atoms.